The predicted molar refractivity (Wildman–Crippen MR) is 89.8 cm³/mol. The second-order valence-electron chi connectivity index (χ2n) is 6.44. The van der Waals surface area contributed by atoms with Crippen molar-refractivity contribution >= 4 is 27.6 Å². The summed E-state index contributed by atoms with van der Waals surface area (Å²) in [4.78, 5) is 21.2. The Bertz CT molecular complexity index is 1070. The van der Waals surface area contributed by atoms with E-state index < -0.39 is 34.6 Å². The topological polar surface area (TPSA) is 46.1 Å². The summed E-state index contributed by atoms with van der Waals surface area (Å²) in [5, 5.41) is -0.630. The summed E-state index contributed by atoms with van der Waals surface area (Å²) in [6, 6.07) is 3.23. The standard InChI is InChI=1S/C18H13F6N3O/c1-27(2)8-9-7-26-14-10-4-3-5-25-15(10)12(16(28)18(22,23)24)6-11(14)13(9)17(19,20)21/h3-7H,8H2,1-2H3. The molecule has 10 heteroatoms. The fourth-order valence-electron chi connectivity index (χ4n) is 3.07. The largest absolute Gasteiger partial charge is 0.454 e. The van der Waals surface area contributed by atoms with Crippen molar-refractivity contribution in [1.29, 1.82) is 0 Å². The third kappa shape index (κ3) is 3.51. The van der Waals surface area contributed by atoms with Crippen molar-refractivity contribution in [2.75, 3.05) is 14.1 Å². The van der Waals surface area contributed by atoms with E-state index in [2.05, 4.69) is 9.97 Å². The van der Waals surface area contributed by atoms with Gasteiger partial charge in [-0.25, -0.2) is 0 Å². The van der Waals surface area contributed by atoms with Crippen LogP contribution in [0.3, 0.4) is 0 Å². The number of hydrogen-bond donors (Lipinski definition) is 0. The number of rotatable bonds is 3. The quantitative estimate of drug-likeness (QED) is 0.365. The van der Waals surface area contributed by atoms with Crippen molar-refractivity contribution in [1.82, 2.24) is 14.9 Å². The number of nitrogens with zero attached hydrogens (tertiary/aromatic N) is 3. The van der Waals surface area contributed by atoms with Gasteiger partial charge in [0.15, 0.2) is 0 Å². The van der Waals surface area contributed by atoms with Gasteiger partial charge in [-0.05, 0) is 37.9 Å². The molecule has 0 spiro atoms. The number of alkyl halides is 6. The molecule has 148 valence electrons. The Morgan fingerprint density at radius 2 is 1.71 bits per heavy atom. The van der Waals surface area contributed by atoms with Crippen LogP contribution < -0.4 is 0 Å². The van der Waals surface area contributed by atoms with Gasteiger partial charge in [0.25, 0.3) is 5.78 Å². The summed E-state index contributed by atoms with van der Waals surface area (Å²) in [7, 11) is 3.10. The summed E-state index contributed by atoms with van der Waals surface area (Å²) < 4.78 is 80.6. The number of aromatic nitrogens is 2. The second-order valence-corrected chi connectivity index (χ2v) is 6.44. The van der Waals surface area contributed by atoms with Gasteiger partial charge in [-0.1, -0.05) is 0 Å². The van der Waals surface area contributed by atoms with Gasteiger partial charge in [0.1, 0.15) is 0 Å². The van der Waals surface area contributed by atoms with Gasteiger partial charge < -0.3 is 4.90 Å². The van der Waals surface area contributed by atoms with Crippen molar-refractivity contribution in [3.63, 3.8) is 0 Å². The van der Waals surface area contributed by atoms with Crippen molar-refractivity contribution in [2.45, 2.75) is 18.9 Å². The van der Waals surface area contributed by atoms with E-state index in [0.717, 1.165) is 12.4 Å². The number of ketones is 1. The Balaban J connectivity index is 2.50. The second kappa shape index (κ2) is 6.69. The maximum atomic E-state index is 13.8. The Hall–Kier alpha value is -2.75. The first-order valence-corrected chi connectivity index (χ1v) is 7.94. The summed E-state index contributed by atoms with van der Waals surface area (Å²) in [5.41, 5.74) is -2.79. The maximum absolute atomic E-state index is 13.8. The van der Waals surface area contributed by atoms with Gasteiger partial charge in [-0.15, -0.1) is 0 Å². The molecule has 0 saturated heterocycles. The maximum Gasteiger partial charge on any atom is 0.454 e. The highest BCUT2D eigenvalue weighted by Gasteiger charge is 2.42. The number of carbonyl (C=O) groups excluding carboxylic acids is 1. The third-order valence-electron chi connectivity index (χ3n) is 4.07. The van der Waals surface area contributed by atoms with E-state index in [1.807, 2.05) is 0 Å². The number of carbonyl (C=O) groups is 1. The molecule has 3 rings (SSSR count). The monoisotopic (exact) mass is 401 g/mol. The Morgan fingerprint density at radius 1 is 1.04 bits per heavy atom. The van der Waals surface area contributed by atoms with E-state index in [0.29, 0.717) is 6.07 Å². The van der Waals surface area contributed by atoms with Crippen LogP contribution in [0.25, 0.3) is 21.8 Å². The first kappa shape index (κ1) is 20.0. The van der Waals surface area contributed by atoms with Crippen LogP contribution in [0.1, 0.15) is 21.5 Å². The minimum atomic E-state index is -5.26. The summed E-state index contributed by atoms with van der Waals surface area (Å²) in [6.07, 6.45) is -7.92. The molecule has 2 aromatic heterocycles. The lowest BCUT2D eigenvalue weighted by atomic mass is 9.96. The lowest BCUT2D eigenvalue weighted by Crippen LogP contribution is -2.23. The molecule has 0 bridgehead atoms. The van der Waals surface area contributed by atoms with Crippen molar-refractivity contribution < 1.29 is 31.1 Å². The molecule has 0 aliphatic carbocycles. The molecule has 1 aromatic carbocycles. The number of pyridine rings is 2. The molecule has 0 unspecified atom stereocenters. The highest BCUT2D eigenvalue weighted by atomic mass is 19.4. The minimum absolute atomic E-state index is 0.0606. The van der Waals surface area contributed by atoms with E-state index in [1.54, 1.807) is 14.1 Å². The molecule has 2 heterocycles. The highest BCUT2D eigenvalue weighted by molar-refractivity contribution is 6.17. The summed E-state index contributed by atoms with van der Waals surface area (Å²) in [6.45, 7) is -0.134. The first-order chi connectivity index (χ1) is 12.9. The Morgan fingerprint density at radius 3 is 2.29 bits per heavy atom. The molecule has 28 heavy (non-hydrogen) atoms. The van der Waals surface area contributed by atoms with Crippen LogP contribution in [0.15, 0.2) is 30.6 Å². The lowest BCUT2D eigenvalue weighted by Gasteiger charge is -2.19. The van der Waals surface area contributed by atoms with Crippen LogP contribution >= 0.6 is 0 Å². The number of hydrogen-bond acceptors (Lipinski definition) is 4. The summed E-state index contributed by atoms with van der Waals surface area (Å²) in [5.74, 6) is -2.26. The zero-order valence-electron chi connectivity index (χ0n) is 14.6. The number of halogens is 6. The van der Waals surface area contributed by atoms with E-state index in [1.165, 1.54) is 17.0 Å². The molecule has 0 aliphatic rings. The van der Waals surface area contributed by atoms with Gasteiger partial charge >= 0.3 is 12.4 Å². The van der Waals surface area contributed by atoms with Crippen LogP contribution in [-0.2, 0) is 12.7 Å². The Labute approximate surface area is 154 Å². The van der Waals surface area contributed by atoms with Crippen LogP contribution in [-0.4, -0.2) is 40.9 Å². The predicted octanol–water partition coefficient (Wildman–Crippen LogP) is 4.61. The molecule has 0 saturated carbocycles. The van der Waals surface area contributed by atoms with Crippen molar-refractivity contribution in [3.8, 4) is 0 Å². The van der Waals surface area contributed by atoms with Gasteiger partial charge in [0, 0.05) is 29.7 Å². The molecule has 0 radical (unpaired) electrons. The zero-order valence-corrected chi connectivity index (χ0v) is 14.6. The number of fused-ring (bicyclic) bond motifs is 3. The van der Waals surface area contributed by atoms with E-state index in [-0.39, 0.29) is 28.5 Å². The van der Waals surface area contributed by atoms with Gasteiger partial charge in [-0.3, -0.25) is 14.8 Å². The highest BCUT2D eigenvalue weighted by Crippen LogP contribution is 2.40. The number of benzene rings is 1. The van der Waals surface area contributed by atoms with Crippen LogP contribution in [0, 0.1) is 0 Å². The molecule has 0 fully saturated rings. The summed E-state index contributed by atoms with van der Waals surface area (Å²) >= 11 is 0. The normalized spacial score (nSPS) is 12.9. The number of Topliss-reactive ketones (excluding diaryl/α,β-unsaturated/α-hetero) is 1. The fraction of sp³-hybridized carbons (Fsp3) is 0.278. The third-order valence-corrected chi connectivity index (χ3v) is 4.07. The first-order valence-electron chi connectivity index (χ1n) is 7.94. The van der Waals surface area contributed by atoms with Gasteiger partial charge in [0.2, 0.25) is 0 Å². The van der Waals surface area contributed by atoms with Crippen LogP contribution in [0.5, 0.6) is 0 Å². The van der Waals surface area contributed by atoms with Crippen molar-refractivity contribution in [3.05, 3.63) is 47.3 Å². The molecule has 4 nitrogen and oxygen atoms in total. The SMILES string of the molecule is CN(C)Cc1cnc2c(cc(C(=O)C(F)(F)F)c3ncccc32)c1C(F)(F)F. The average Bonchev–Trinajstić information content (AvgIpc) is 2.57. The molecule has 0 aliphatic heterocycles. The smallest absolute Gasteiger partial charge is 0.305 e. The molecular formula is C18H13F6N3O. The van der Waals surface area contributed by atoms with Crippen molar-refractivity contribution in [2.24, 2.45) is 0 Å². The van der Waals surface area contributed by atoms with E-state index >= 15 is 0 Å². The van der Waals surface area contributed by atoms with E-state index in [9.17, 15) is 31.1 Å². The molecule has 0 N–H and O–H groups in total. The molecule has 0 atom stereocenters. The Kier molecular flexibility index (Phi) is 4.78. The van der Waals surface area contributed by atoms with E-state index in [4.69, 9.17) is 0 Å². The molecule has 0 amide bonds. The minimum Gasteiger partial charge on any atom is -0.305 e. The fourth-order valence-corrected chi connectivity index (χ4v) is 3.07. The lowest BCUT2D eigenvalue weighted by molar-refractivity contribution is -0.137. The molecule has 3 aromatic rings. The van der Waals surface area contributed by atoms with Crippen LogP contribution in [0.4, 0.5) is 26.3 Å². The zero-order chi connectivity index (χ0) is 20.9. The van der Waals surface area contributed by atoms with Gasteiger partial charge in [0.05, 0.1) is 22.2 Å². The van der Waals surface area contributed by atoms with Crippen LogP contribution in [0.2, 0.25) is 0 Å². The average molecular weight is 401 g/mol. The van der Waals surface area contributed by atoms with Gasteiger partial charge in [-0.2, -0.15) is 26.3 Å². The molecular weight excluding hydrogens is 388 g/mol.